The molecule has 7 nitrogen and oxygen atoms in total. The summed E-state index contributed by atoms with van der Waals surface area (Å²) in [5, 5.41) is 2.98. The SMILES string of the molecule is Cc1ccc(C(=O)Nc2ccc(CN3CCN(C)CC3)c(C(F)(F)F)c2)cc1C#Cc1cnc(/N=C/B=O)s1. The second-order valence-electron chi connectivity index (χ2n) is 9.10. The van der Waals surface area contributed by atoms with Gasteiger partial charge in [0, 0.05) is 38.4 Å². The second-order valence-corrected chi connectivity index (χ2v) is 10.1. The number of halogens is 3. The summed E-state index contributed by atoms with van der Waals surface area (Å²) >= 11 is 1.21. The van der Waals surface area contributed by atoms with Crippen molar-refractivity contribution in [1.82, 2.24) is 14.8 Å². The molecule has 3 aromatic rings. The second kappa shape index (κ2) is 12.5. The van der Waals surface area contributed by atoms with E-state index in [4.69, 9.17) is 0 Å². The third kappa shape index (κ3) is 7.69. The molecule has 0 unspecified atom stereocenters. The summed E-state index contributed by atoms with van der Waals surface area (Å²) < 4.78 is 52.1. The first kappa shape index (κ1) is 28.4. The number of hydrogen-bond acceptors (Lipinski definition) is 7. The average Bonchev–Trinajstić information content (AvgIpc) is 3.36. The van der Waals surface area contributed by atoms with Gasteiger partial charge in [-0.1, -0.05) is 6.07 Å². The van der Waals surface area contributed by atoms with Crippen molar-refractivity contribution in [3.8, 4) is 11.8 Å². The molecule has 1 aliphatic heterocycles. The molecule has 0 saturated carbocycles. The van der Waals surface area contributed by atoms with Crippen LogP contribution in [0.5, 0.6) is 0 Å². The molecule has 2 aromatic carbocycles. The standard InChI is InChI=1S/C27H25BF3N5O2S/c1-18-3-4-20(13-19(18)6-8-23-15-32-26(39-23)33-17-28-38)25(37)34-22-7-5-21(24(14-22)27(29,30)31)16-36-11-9-35(2)10-12-36/h3-5,7,13-15,17H,9-12,16H2,1-2H3,(H,34,37)/b33-17+. The number of likely N-dealkylation sites (N-methyl/N-ethyl adjacent to an activating group) is 1. The molecular formula is C27H25BF3N5O2S. The Kier molecular flexibility index (Phi) is 9.06. The van der Waals surface area contributed by atoms with Crippen LogP contribution in [-0.4, -0.2) is 67.2 Å². The number of anilines is 1. The zero-order chi connectivity index (χ0) is 28.0. The molecule has 0 radical (unpaired) electrons. The van der Waals surface area contributed by atoms with Crippen molar-refractivity contribution in [2.45, 2.75) is 19.6 Å². The van der Waals surface area contributed by atoms with Gasteiger partial charge >= 0.3 is 131 Å². The number of aliphatic imine (C=N–C) groups is 1. The van der Waals surface area contributed by atoms with Crippen molar-refractivity contribution in [1.29, 1.82) is 0 Å². The summed E-state index contributed by atoms with van der Waals surface area (Å²) in [5.74, 6) is 5.42. The molecule has 1 aliphatic rings. The number of alkyl halides is 3. The minimum absolute atomic E-state index is 0.0655. The summed E-state index contributed by atoms with van der Waals surface area (Å²) in [5.41, 5.74) is 1.18. The van der Waals surface area contributed by atoms with Crippen molar-refractivity contribution in [2.24, 2.45) is 4.99 Å². The Morgan fingerprint density at radius 1 is 1.18 bits per heavy atom. The number of carbonyl (C=O) groups is 1. The first-order valence-electron chi connectivity index (χ1n) is 12.1. The van der Waals surface area contributed by atoms with Gasteiger partial charge in [-0.25, -0.2) is 0 Å². The number of hydrogen-bond donors (Lipinski definition) is 1. The number of aromatic nitrogens is 1. The van der Waals surface area contributed by atoms with Crippen LogP contribution in [0.2, 0.25) is 0 Å². The summed E-state index contributed by atoms with van der Waals surface area (Å²) in [6.07, 6.45) is -1.92. The molecule has 2 heterocycles. The summed E-state index contributed by atoms with van der Waals surface area (Å²) in [7, 11) is 2.55. The molecular weight excluding hydrogens is 526 g/mol. The maximum absolute atomic E-state index is 13.9. The van der Waals surface area contributed by atoms with Gasteiger partial charge in [-0.15, -0.1) is 0 Å². The molecule has 12 heteroatoms. The summed E-state index contributed by atoms with van der Waals surface area (Å²) in [6, 6.07) is 8.85. The molecule has 0 spiro atoms. The zero-order valence-electron chi connectivity index (χ0n) is 21.4. The number of thiazole rings is 1. The Labute approximate surface area is 229 Å². The van der Waals surface area contributed by atoms with Crippen LogP contribution in [0.3, 0.4) is 0 Å². The number of rotatable bonds is 6. The van der Waals surface area contributed by atoms with Gasteiger partial charge in [-0.2, -0.15) is 13.2 Å². The van der Waals surface area contributed by atoms with E-state index in [2.05, 4.69) is 32.0 Å². The van der Waals surface area contributed by atoms with Crippen LogP contribution in [0, 0.1) is 18.8 Å². The van der Waals surface area contributed by atoms with E-state index in [1.807, 2.05) is 18.9 Å². The van der Waals surface area contributed by atoms with Crippen LogP contribution in [-0.2, 0) is 17.4 Å². The van der Waals surface area contributed by atoms with Gasteiger partial charge in [-0.05, 0) is 24.7 Å². The summed E-state index contributed by atoms with van der Waals surface area (Å²) in [6.45, 7) is 5.04. The normalized spacial score (nSPS) is 14.6. The summed E-state index contributed by atoms with van der Waals surface area (Å²) in [4.78, 5) is 25.6. The number of nitrogens with one attached hydrogen (secondary N) is 1. The fourth-order valence-corrected chi connectivity index (χ4v) is 4.63. The Morgan fingerprint density at radius 3 is 2.67 bits per heavy atom. The monoisotopic (exact) mass is 551 g/mol. The van der Waals surface area contributed by atoms with Crippen LogP contribution in [0.4, 0.5) is 24.0 Å². The average molecular weight is 551 g/mol. The van der Waals surface area contributed by atoms with Crippen molar-refractivity contribution in [3.05, 3.63) is 75.3 Å². The first-order chi connectivity index (χ1) is 18.6. The van der Waals surface area contributed by atoms with Gasteiger partial charge in [0.25, 0.3) is 0 Å². The zero-order valence-corrected chi connectivity index (χ0v) is 22.2. The van der Waals surface area contributed by atoms with Crippen LogP contribution < -0.4 is 5.32 Å². The van der Waals surface area contributed by atoms with Crippen LogP contribution in [0.1, 0.15) is 37.5 Å². The maximum atomic E-state index is 13.9. The molecule has 1 amide bonds. The molecule has 0 aliphatic carbocycles. The fraction of sp³-hybridized carbons (Fsp3) is 0.296. The van der Waals surface area contributed by atoms with Gasteiger partial charge in [0.15, 0.2) is 0 Å². The van der Waals surface area contributed by atoms with E-state index in [-0.39, 0.29) is 23.4 Å². The van der Waals surface area contributed by atoms with E-state index in [1.165, 1.54) is 29.7 Å². The van der Waals surface area contributed by atoms with Crippen molar-refractivity contribution in [2.75, 3.05) is 38.5 Å². The molecule has 4 rings (SSSR count). The quantitative estimate of drug-likeness (QED) is 0.276. The van der Waals surface area contributed by atoms with Gasteiger partial charge in [0.05, 0.1) is 5.56 Å². The first-order valence-corrected chi connectivity index (χ1v) is 12.9. The number of piperazine rings is 1. The number of aryl methyl sites for hydroxylation is 1. The third-order valence-corrected chi connectivity index (χ3v) is 7.04. The van der Waals surface area contributed by atoms with Crippen molar-refractivity contribution >= 4 is 41.3 Å². The minimum atomic E-state index is -4.55. The predicted molar refractivity (Wildman–Crippen MR) is 146 cm³/mol. The molecule has 1 aromatic heterocycles. The Balaban J connectivity index is 1.51. The van der Waals surface area contributed by atoms with Crippen molar-refractivity contribution < 1.29 is 22.7 Å². The molecule has 0 bridgehead atoms. The number of carbonyl (C=O) groups excluding carboxylic acids is 1. The molecule has 1 saturated heterocycles. The van der Waals surface area contributed by atoms with Gasteiger partial charge < -0.3 is 4.90 Å². The van der Waals surface area contributed by atoms with E-state index in [0.717, 1.165) is 30.8 Å². The predicted octanol–water partition coefficient (Wildman–Crippen LogP) is 4.58. The van der Waals surface area contributed by atoms with Crippen LogP contribution in [0.25, 0.3) is 0 Å². The Bertz CT molecular complexity index is 1450. The molecule has 1 fully saturated rings. The van der Waals surface area contributed by atoms with Gasteiger partial charge in [0.1, 0.15) is 0 Å². The van der Waals surface area contributed by atoms with E-state index in [0.29, 0.717) is 35.8 Å². The topological polar surface area (TPSA) is 77.9 Å². The number of benzene rings is 2. The van der Waals surface area contributed by atoms with E-state index >= 15 is 0 Å². The fourth-order valence-electron chi connectivity index (χ4n) is 4.01. The third-order valence-electron chi connectivity index (χ3n) is 6.22. The molecule has 1 N–H and O–H groups in total. The molecule has 39 heavy (non-hydrogen) atoms. The number of amides is 1. The van der Waals surface area contributed by atoms with Crippen molar-refractivity contribution in [3.63, 3.8) is 0 Å². The molecule has 200 valence electrons. The Hall–Kier alpha value is -3.66. The van der Waals surface area contributed by atoms with Crippen LogP contribution >= 0.6 is 11.3 Å². The van der Waals surface area contributed by atoms with Gasteiger partial charge in [-0.3, -0.25) is 4.90 Å². The van der Waals surface area contributed by atoms with Crippen LogP contribution in [0.15, 0.2) is 47.6 Å². The Morgan fingerprint density at radius 2 is 1.95 bits per heavy atom. The van der Waals surface area contributed by atoms with E-state index < -0.39 is 17.6 Å². The number of nitrogens with zero attached hydrogens (tertiary/aromatic N) is 4. The van der Waals surface area contributed by atoms with E-state index in [9.17, 15) is 22.7 Å². The van der Waals surface area contributed by atoms with Gasteiger partial charge in [0.2, 0.25) is 0 Å². The van der Waals surface area contributed by atoms with E-state index in [1.54, 1.807) is 18.2 Å². The molecule has 0 atom stereocenters.